The van der Waals surface area contributed by atoms with E-state index in [1.54, 1.807) is 11.8 Å². The molecule has 2 heterocycles. The Morgan fingerprint density at radius 1 is 1.30 bits per heavy atom. The number of thioether (sulfide) groups is 1. The topological polar surface area (TPSA) is 69.9 Å². The fourth-order valence-electron chi connectivity index (χ4n) is 3.40. The minimum absolute atomic E-state index is 0.350. The van der Waals surface area contributed by atoms with Crippen LogP contribution in [0.15, 0.2) is 29.4 Å². The molecule has 1 saturated carbocycles. The number of esters is 1. The molecule has 2 aromatic heterocycles. The Balaban J connectivity index is 1.70. The molecule has 27 heavy (non-hydrogen) atoms. The van der Waals surface area contributed by atoms with Crippen LogP contribution in [0.1, 0.15) is 53.1 Å². The van der Waals surface area contributed by atoms with Crippen molar-refractivity contribution in [2.24, 2.45) is 0 Å². The monoisotopic (exact) mass is 382 g/mol. The highest BCUT2D eigenvalue weighted by atomic mass is 32.2. The SMILES string of the molecule is CCn1c(SCc2nc3ccccc3c(C)c2C(=O)OC)nnc1C1CC1. The molecule has 1 aromatic carbocycles. The van der Waals surface area contributed by atoms with Crippen LogP contribution in [0.3, 0.4) is 0 Å². The normalized spacial score (nSPS) is 13.9. The van der Waals surface area contributed by atoms with E-state index in [9.17, 15) is 4.79 Å². The number of fused-ring (bicyclic) bond motifs is 1. The van der Waals surface area contributed by atoms with Gasteiger partial charge in [0.25, 0.3) is 0 Å². The van der Waals surface area contributed by atoms with E-state index in [4.69, 9.17) is 9.72 Å². The number of hydrogen-bond donors (Lipinski definition) is 0. The fraction of sp³-hybridized carbons (Fsp3) is 0.400. The summed E-state index contributed by atoms with van der Waals surface area (Å²) in [5.41, 5.74) is 3.06. The second kappa shape index (κ2) is 7.31. The number of pyridine rings is 1. The predicted molar refractivity (Wildman–Crippen MR) is 105 cm³/mol. The minimum atomic E-state index is -0.350. The molecule has 0 radical (unpaired) electrons. The van der Waals surface area contributed by atoms with Crippen molar-refractivity contribution in [3.8, 4) is 0 Å². The van der Waals surface area contributed by atoms with Crippen LogP contribution in [0, 0.1) is 6.92 Å². The van der Waals surface area contributed by atoms with E-state index in [1.807, 2.05) is 31.2 Å². The molecule has 1 fully saturated rings. The molecule has 1 aliphatic carbocycles. The van der Waals surface area contributed by atoms with Gasteiger partial charge in [0.15, 0.2) is 5.16 Å². The van der Waals surface area contributed by atoms with E-state index in [0.717, 1.165) is 39.7 Å². The lowest BCUT2D eigenvalue weighted by Crippen LogP contribution is -2.11. The first kappa shape index (κ1) is 18.0. The van der Waals surface area contributed by atoms with Crippen LogP contribution in [0.25, 0.3) is 10.9 Å². The first-order valence-corrected chi connectivity index (χ1v) is 10.1. The van der Waals surface area contributed by atoms with Gasteiger partial charge in [0.1, 0.15) is 5.82 Å². The number of ether oxygens (including phenoxy) is 1. The van der Waals surface area contributed by atoms with Gasteiger partial charge in [-0.15, -0.1) is 10.2 Å². The average Bonchev–Trinajstić information content (AvgIpc) is 3.45. The Bertz CT molecular complexity index is 1010. The molecule has 3 aromatic rings. The number of carbonyl (C=O) groups excluding carboxylic acids is 1. The summed E-state index contributed by atoms with van der Waals surface area (Å²) in [4.78, 5) is 17.2. The Morgan fingerprint density at radius 3 is 2.78 bits per heavy atom. The van der Waals surface area contributed by atoms with Gasteiger partial charge in [-0.25, -0.2) is 4.79 Å². The third-order valence-corrected chi connectivity index (χ3v) is 5.94. The van der Waals surface area contributed by atoms with E-state index < -0.39 is 0 Å². The fourth-order valence-corrected chi connectivity index (χ4v) is 4.35. The zero-order chi connectivity index (χ0) is 19.0. The largest absolute Gasteiger partial charge is 0.465 e. The van der Waals surface area contributed by atoms with Gasteiger partial charge < -0.3 is 9.30 Å². The van der Waals surface area contributed by atoms with Gasteiger partial charge in [-0.1, -0.05) is 30.0 Å². The van der Waals surface area contributed by atoms with E-state index in [0.29, 0.717) is 17.2 Å². The number of aryl methyl sites for hydroxylation is 1. The lowest BCUT2D eigenvalue weighted by Gasteiger charge is -2.13. The number of benzene rings is 1. The summed E-state index contributed by atoms with van der Waals surface area (Å²) in [5.74, 6) is 1.82. The van der Waals surface area contributed by atoms with Crippen LogP contribution in [-0.4, -0.2) is 32.8 Å². The van der Waals surface area contributed by atoms with Gasteiger partial charge in [-0.3, -0.25) is 4.98 Å². The van der Waals surface area contributed by atoms with Crippen molar-refractivity contribution in [2.45, 2.75) is 50.1 Å². The lowest BCUT2D eigenvalue weighted by molar-refractivity contribution is 0.0598. The zero-order valence-electron chi connectivity index (χ0n) is 15.7. The summed E-state index contributed by atoms with van der Waals surface area (Å²) in [7, 11) is 1.41. The highest BCUT2D eigenvalue weighted by molar-refractivity contribution is 7.98. The summed E-state index contributed by atoms with van der Waals surface area (Å²) >= 11 is 1.57. The lowest BCUT2D eigenvalue weighted by atomic mass is 10.0. The predicted octanol–water partition coefficient (Wildman–Crippen LogP) is 4.11. The molecule has 0 bridgehead atoms. The molecule has 0 unspecified atom stereocenters. The molecule has 1 aliphatic rings. The maximum Gasteiger partial charge on any atom is 0.340 e. The summed E-state index contributed by atoms with van der Waals surface area (Å²) < 4.78 is 7.20. The van der Waals surface area contributed by atoms with Crippen molar-refractivity contribution in [3.05, 3.63) is 46.9 Å². The standard InChI is InChI=1S/C20H22N4O2S/c1-4-24-18(13-9-10-13)22-23-20(24)27-11-16-17(19(25)26-3)12(2)14-7-5-6-8-15(14)21-16/h5-8,13H,4,9-11H2,1-3H3. The first-order valence-electron chi connectivity index (χ1n) is 9.16. The van der Waals surface area contributed by atoms with E-state index >= 15 is 0 Å². The highest BCUT2D eigenvalue weighted by Gasteiger charge is 2.30. The molecule has 0 amide bonds. The third-order valence-electron chi connectivity index (χ3n) is 4.96. The number of aromatic nitrogens is 4. The van der Waals surface area contributed by atoms with Gasteiger partial charge in [0, 0.05) is 23.6 Å². The van der Waals surface area contributed by atoms with Crippen molar-refractivity contribution in [1.82, 2.24) is 19.7 Å². The average molecular weight is 382 g/mol. The molecular weight excluding hydrogens is 360 g/mol. The molecule has 7 heteroatoms. The van der Waals surface area contributed by atoms with Gasteiger partial charge >= 0.3 is 5.97 Å². The first-order chi connectivity index (χ1) is 13.1. The molecule has 0 saturated heterocycles. The van der Waals surface area contributed by atoms with Crippen molar-refractivity contribution < 1.29 is 9.53 Å². The van der Waals surface area contributed by atoms with Crippen LogP contribution >= 0.6 is 11.8 Å². The van der Waals surface area contributed by atoms with Crippen molar-refractivity contribution >= 4 is 28.6 Å². The van der Waals surface area contributed by atoms with Crippen molar-refractivity contribution in [2.75, 3.05) is 7.11 Å². The number of carbonyl (C=O) groups is 1. The van der Waals surface area contributed by atoms with Crippen molar-refractivity contribution in [3.63, 3.8) is 0 Å². The van der Waals surface area contributed by atoms with Gasteiger partial charge in [0.2, 0.25) is 0 Å². The molecule has 0 N–H and O–H groups in total. The van der Waals surface area contributed by atoms with Crippen LogP contribution in [0.4, 0.5) is 0 Å². The van der Waals surface area contributed by atoms with E-state index in [-0.39, 0.29) is 5.97 Å². The Kier molecular flexibility index (Phi) is 4.86. The van der Waals surface area contributed by atoms with E-state index in [1.165, 1.54) is 20.0 Å². The van der Waals surface area contributed by atoms with Crippen LogP contribution < -0.4 is 0 Å². The molecule has 0 atom stereocenters. The Hall–Kier alpha value is -2.41. The van der Waals surface area contributed by atoms with Crippen molar-refractivity contribution in [1.29, 1.82) is 0 Å². The minimum Gasteiger partial charge on any atom is -0.465 e. The Morgan fingerprint density at radius 2 is 2.07 bits per heavy atom. The molecule has 4 rings (SSSR count). The van der Waals surface area contributed by atoms with Gasteiger partial charge in [-0.05, 0) is 38.3 Å². The summed E-state index contributed by atoms with van der Waals surface area (Å²) in [6.45, 7) is 4.90. The molecular formula is C20H22N4O2S. The van der Waals surface area contributed by atoms with Gasteiger partial charge in [0.05, 0.1) is 23.9 Å². The van der Waals surface area contributed by atoms with Crippen LogP contribution in [0.2, 0.25) is 0 Å². The van der Waals surface area contributed by atoms with E-state index in [2.05, 4.69) is 21.7 Å². The molecule has 6 nitrogen and oxygen atoms in total. The molecule has 140 valence electrons. The maximum absolute atomic E-state index is 12.4. The Labute approximate surface area is 162 Å². The van der Waals surface area contributed by atoms with Crippen LogP contribution in [-0.2, 0) is 17.0 Å². The summed E-state index contributed by atoms with van der Waals surface area (Å²) in [6, 6.07) is 7.86. The number of methoxy groups -OCH3 is 1. The quantitative estimate of drug-likeness (QED) is 0.472. The van der Waals surface area contributed by atoms with Crippen LogP contribution in [0.5, 0.6) is 0 Å². The number of hydrogen-bond acceptors (Lipinski definition) is 6. The summed E-state index contributed by atoms with van der Waals surface area (Å²) in [6.07, 6.45) is 2.39. The maximum atomic E-state index is 12.4. The van der Waals surface area contributed by atoms with Gasteiger partial charge in [-0.2, -0.15) is 0 Å². The number of rotatable bonds is 6. The second-order valence-corrected chi connectivity index (χ2v) is 7.66. The number of nitrogens with zero attached hydrogens (tertiary/aromatic N) is 4. The third kappa shape index (κ3) is 3.32. The number of para-hydroxylation sites is 1. The smallest absolute Gasteiger partial charge is 0.340 e. The summed E-state index contributed by atoms with van der Waals surface area (Å²) in [5, 5.41) is 10.6. The highest BCUT2D eigenvalue weighted by Crippen LogP contribution is 2.40. The second-order valence-electron chi connectivity index (χ2n) is 6.72. The zero-order valence-corrected chi connectivity index (χ0v) is 16.5. The molecule has 0 spiro atoms. The molecule has 0 aliphatic heterocycles.